The summed E-state index contributed by atoms with van der Waals surface area (Å²) in [6.07, 6.45) is 1.65. The number of aromatic amines is 1. The fraction of sp³-hybridized carbons (Fsp3) is 0.231. The van der Waals surface area contributed by atoms with Gasteiger partial charge in [-0.15, -0.1) is 0 Å². The van der Waals surface area contributed by atoms with Crippen molar-refractivity contribution >= 4 is 12.2 Å². The molecule has 3 heteroatoms. The lowest BCUT2D eigenvalue weighted by molar-refractivity contribution is 1.11. The van der Waals surface area contributed by atoms with E-state index in [1.54, 1.807) is 6.33 Å². The molecule has 0 aliphatic carbocycles. The number of benzene rings is 1. The van der Waals surface area contributed by atoms with Crippen LogP contribution in [0.5, 0.6) is 0 Å². The Hall–Kier alpha value is -1.48. The lowest BCUT2D eigenvalue weighted by atomic mass is 10.0. The van der Waals surface area contributed by atoms with E-state index < -0.39 is 0 Å². The number of aromatic nitrogens is 2. The first kappa shape index (κ1) is 11.0. The zero-order valence-corrected chi connectivity index (χ0v) is 10.5. The van der Waals surface area contributed by atoms with Crippen LogP contribution >= 0.6 is 12.2 Å². The van der Waals surface area contributed by atoms with E-state index in [0.717, 1.165) is 16.8 Å². The van der Waals surface area contributed by atoms with E-state index >= 15 is 0 Å². The van der Waals surface area contributed by atoms with Gasteiger partial charge in [0.2, 0.25) is 0 Å². The van der Waals surface area contributed by atoms with E-state index in [9.17, 15) is 0 Å². The Morgan fingerprint density at radius 1 is 1.12 bits per heavy atom. The molecule has 0 aliphatic heterocycles. The van der Waals surface area contributed by atoms with Crippen molar-refractivity contribution in [3.05, 3.63) is 45.9 Å². The molecule has 1 aromatic heterocycles. The third-order valence-corrected chi connectivity index (χ3v) is 3.29. The van der Waals surface area contributed by atoms with Crippen molar-refractivity contribution in [1.82, 2.24) is 9.97 Å². The van der Waals surface area contributed by atoms with Crippen molar-refractivity contribution in [2.75, 3.05) is 0 Å². The summed E-state index contributed by atoms with van der Waals surface area (Å²) < 4.78 is 0.659. The molecule has 0 fully saturated rings. The Balaban J connectivity index is 2.63. The first-order valence-electron chi connectivity index (χ1n) is 5.21. The molecule has 0 amide bonds. The molecule has 2 rings (SSSR count). The molecule has 16 heavy (non-hydrogen) atoms. The number of nitrogens with zero attached hydrogens (tertiary/aromatic N) is 1. The minimum absolute atomic E-state index is 0.659. The summed E-state index contributed by atoms with van der Waals surface area (Å²) in [6.45, 7) is 6.22. The van der Waals surface area contributed by atoms with Gasteiger partial charge in [0.1, 0.15) is 4.64 Å². The number of hydrogen-bond donors (Lipinski definition) is 1. The predicted molar refractivity (Wildman–Crippen MR) is 69.1 cm³/mol. The van der Waals surface area contributed by atoms with Gasteiger partial charge >= 0.3 is 0 Å². The molecule has 82 valence electrons. The van der Waals surface area contributed by atoms with Crippen LogP contribution in [0.3, 0.4) is 0 Å². The fourth-order valence-electron chi connectivity index (χ4n) is 1.66. The Kier molecular flexibility index (Phi) is 2.88. The van der Waals surface area contributed by atoms with E-state index in [1.165, 1.54) is 11.1 Å². The molecular formula is C13H14N2S. The molecule has 0 saturated carbocycles. The van der Waals surface area contributed by atoms with Gasteiger partial charge in [-0.3, -0.25) is 0 Å². The molecule has 0 saturated heterocycles. The standard InChI is InChI=1S/C13H14N2S/c1-8-4-5-11(6-9(8)2)12-10(3)13(16)15-7-14-12/h4-7H,1-3H3,(H,14,15,16). The summed E-state index contributed by atoms with van der Waals surface area (Å²) in [7, 11) is 0. The first-order chi connectivity index (χ1) is 7.59. The molecule has 2 aromatic rings. The molecule has 1 N–H and O–H groups in total. The van der Waals surface area contributed by atoms with E-state index in [1.807, 2.05) is 6.92 Å². The number of nitrogens with one attached hydrogen (secondary N) is 1. The van der Waals surface area contributed by atoms with Crippen LogP contribution < -0.4 is 0 Å². The van der Waals surface area contributed by atoms with Crippen LogP contribution in [0.2, 0.25) is 0 Å². The number of H-pyrrole nitrogens is 1. The predicted octanol–water partition coefficient (Wildman–Crippen LogP) is 3.73. The summed E-state index contributed by atoms with van der Waals surface area (Å²) in [5, 5.41) is 0. The second-order valence-electron chi connectivity index (χ2n) is 4.01. The second kappa shape index (κ2) is 4.18. The highest BCUT2D eigenvalue weighted by atomic mass is 32.1. The van der Waals surface area contributed by atoms with Crippen LogP contribution in [-0.2, 0) is 0 Å². The summed E-state index contributed by atoms with van der Waals surface area (Å²) in [5.74, 6) is 0. The van der Waals surface area contributed by atoms with Crippen LogP contribution in [0.1, 0.15) is 16.7 Å². The van der Waals surface area contributed by atoms with Crippen molar-refractivity contribution in [1.29, 1.82) is 0 Å². The van der Waals surface area contributed by atoms with Crippen molar-refractivity contribution in [2.45, 2.75) is 20.8 Å². The lowest BCUT2D eigenvalue weighted by Crippen LogP contribution is -1.92. The lowest BCUT2D eigenvalue weighted by Gasteiger charge is -2.08. The van der Waals surface area contributed by atoms with Crippen molar-refractivity contribution in [3.63, 3.8) is 0 Å². The average Bonchev–Trinajstić information content (AvgIpc) is 2.26. The van der Waals surface area contributed by atoms with Crippen LogP contribution in [-0.4, -0.2) is 9.97 Å². The SMILES string of the molecule is Cc1ccc(-c2[nH]cnc(=S)c2C)cc1C. The summed E-state index contributed by atoms with van der Waals surface area (Å²) in [5.41, 5.74) is 5.83. The second-order valence-corrected chi connectivity index (χ2v) is 4.39. The van der Waals surface area contributed by atoms with E-state index in [0.29, 0.717) is 4.64 Å². The van der Waals surface area contributed by atoms with Gasteiger partial charge in [0.05, 0.1) is 12.0 Å². The third kappa shape index (κ3) is 1.91. The normalized spacial score (nSPS) is 10.4. The maximum absolute atomic E-state index is 5.17. The van der Waals surface area contributed by atoms with Gasteiger partial charge < -0.3 is 4.98 Å². The maximum atomic E-state index is 5.17. The van der Waals surface area contributed by atoms with Crippen LogP contribution in [0.25, 0.3) is 11.3 Å². The number of hydrogen-bond acceptors (Lipinski definition) is 2. The molecule has 0 spiro atoms. The molecule has 1 aromatic carbocycles. The highest BCUT2D eigenvalue weighted by Gasteiger charge is 2.04. The minimum Gasteiger partial charge on any atom is -0.346 e. The van der Waals surface area contributed by atoms with Gasteiger partial charge in [0, 0.05) is 5.56 Å². The summed E-state index contributed by atoms with van der Waals surface area (Å²) >= 11 is 5.17. The van der Waals surface area contributed by atoms with E-state index in [4.69, 9.17) is 12.2 Å². The number of rotatable bonds is 1. The Morgan fingerprint density at radius 2 is 1.88 bits per heavy atom. The Bertz CT molecular complexity index is 585. The molecule has 2 nitrogen and oxygen atoms in total. The van der Waals surface area contributed by atoms with Gasteiger partial charge in [-0.25, -0.2) is 4.98 Å². The largest absolute Gasteiger partial charge is 0.346 e. The molecule has 0 unspecified atom stereocenters. The smallest absolute Gasteiger partial charge is 0.132 e. The zero-order chi connectivity index (χ0) is 11.7. The van der Waals surface area contributed by atoms with Crippen molar-refractivity contribution in [2.24, 2.45) is 0 Å². The van der Waals surface area contributed by atoms with Gasteiger partial charge in [0.15, 0.2) is 0 Å². The maximum Gasteiger partial charge on any atom is 0.132 e. The quantitative estimate of drug-likeness (QED) is 0.756. The topological polar surface area (TPSA) is 28.7 Å². The van der Waals surface area contributed by atoms with Crippen molar-refractivity contribution < 1.29 is 0 Å². The third-order valence-electron chi connectivity index (χ3n) is 2.88. The van der Waals surface area contributed by atoms with Crippen LogP contribution in [0, 0.1) is 25.4 Å². The zero-order valence-electron chi connectivity index (χ0n) is 9.66. The van der Waals surface area contributed by atoms with E-state index in [2.05, 4.69) is 42.0 Å². The highest BCUT2D eigenvalue weighted by Crippen LogP contribution is 2.22. The fourth-order valence-corrected chi connectivity index (χ4v) is 1.82. The number of aryl methyl sites for hydroxylation is 2. The molecular weight excluding hydrogens is 216 g/mol. The minimum atomic E-state index is 0.659. The first-order valence-corrected chi connectivity index (χ1v) is 5.62. The van der Waals surface area contributed by atoms with Gasteiger partial charge in [-0.05, 0) is 43.5 Å². The molecule has 0 radical (unpaired) electrons. The Morgan fingerprint density at radius 3 is 2.56 bits per heavy atom. The molecule has 0 aliphatic rings. The highest BCUT2D eigenvalue weighted by molar-refractivity contribution is 7.71. The summed E-state index contributed by atoms with van der Waals surface area (Å²) in [6, 6.07) is 6.40. The average molecular weight is 230 g/mol. The van der Waals surface area contributed by atoms with Crippen LogP contribution in [0.15, 0.2) is 24.5 Å². The summed E-state index contributed by atoms with van der Waals surface area (Å²) in [4.78, 5) is 7.23. The van der Waals surface area contributed by atoms with E-state index in [-0.39, 0.29) is 0 Å². The van der Waals surface area contributed by atoms with Gasteiger partial charge in [-0.1, -0.05) is 24.4 Å². The van der Waals surface area contributed by atoms with Crippen LogP contribution in [0.4, 0.5) is 0 Å². The van der Waals surface area contributed by atoms with Gasteiger partial charge in [0.25, 0.3) is 0 Å². The molecule has 1 heterocycles. The Labute approximate surface area is 100 Å². The van der Waals surface area contributed by atoms with Crippen molar-refractivity contribution in [3.8, 4) is 11.3 Å². The van der Waals surface area contributed by atoms with Gasteiger partial charge in [-0.2, -0.15) is 0 Å². The molecule has 0 atom stereocenters. The molecule has 0 bridgehead atoms. The monoisotopic (exact) mass is 230 g/mol.